The van der Waals surface area contributed by atoms with E-state index in [1.165, 1.54) is 0 Å². The lowest BCUT2D eigenvalue weighted by molar-refractivity contribution is 1.04. The van der Waals surface area contributed by atoms with E-state index in [-0.39, 0.29) is 0 Å². The monoisotopic (exact) mass is 409 g/mol. The van der Waals surface area contributed by atoms with Crippen molar-refractivity contribution in [3.8, 4) is 11.5 Å². The van der Waals surface area contributed by atoms with E-state index in [0.29, 0.717) is 28.2 Å². The highest BCUT2D eigenvalue weighted by Gasteiger charge is 2.14. The van der Waals surface area contributed by atoms with Crippen LogP contribution in [0.15, 0.2) is 21.2 Å². The Morgan fingerprint density at radius 2 is 1.78 bits per heavy atom. The van der Waals surface area contributed by atoms with Gasteiger partial charge in [0, 0.05) is 20.7 Å². The van der Waals surface area contributed by atoms with Gasteiger partial charge in [0.1, 0.15) is 16.0 Å². The maximum atomic E-state index is 6.08. The largest absolute Gasteiger partial charge is 0.251 e. The molecule has 0 aliphatic carbocycles. The molecule has 0 aliphatic rings. The molecule has 2 heterocycles. The first kappa shape index (κ1) is 14.2. The fraction of sp³-hybridized carbons (Fsp3) is 0.182. The molecule has 2 aromatic rings. The van der Waals surface area contributed by atoms with Crippen molar-refractivity contribution in [2.45, 2.75) is 13.3 Å². The van der Waals surface area contributed by atoms with E-state index in [1.54, 1.807) is 6.20 Å². The van der Waals surface area contributed by atoms with Gasteiger partial charge >= 0.3 is 0 Å². The average molecular weight is 412 g/mol. The summed E-state index contributed by atoms with van der Waals surface area (Å²) in [6, 6.07) is 1.86. The fourth-order valence-corrected chi connectivity index (χ4v) is 3.23. The predicted molar refractivity (Wildman–Crippen MR) is 80.1 cm³/mol. The van der Waals surface area contributed by atoms with Crippen LogP contribution in [0.2, 0.25) is 10.3 Å². The molecule has 0 saturated heterocycles. The van der Waals surface area contributed by atoms with Gasteiger partial charge in [-0.05, 0) is 44.3 Å². The van der Waals surface area contributed by atoms with Gasteiger partial charge < -0.3 is 0 Å². The molecule has 0 fully saturated rings. The molecule has 0 unspecified atom stereocenters. The van der Waals surface area contributed by atoms with E-state index in [4.69, 9.17) is 23.2 Å². The second-order valence-corrected chi connectivity index (χ2v) is 5.93. The van der Waals surface area contributed by atoms with E-state index in [0.717, 1.165) is 14.5 Å². The Labute approximate surface area is 131 Å². The highest BCUT2D eigenvalue weighted by Crippen LogP contribution is 2.30. The van der Waals surface area contributed by atoms with Crippen LogP contribution in [0.3, 0.4) is 0 Å². The van der Waals surface area contributed by atoms with Gasteiger partial charge in [0.25, 0.3) is 0 Å². The van der Waals surface area contributed by atoms with Crippen LogP contribution in [-0.4, -0.2) is 15.0 Å². The minimum absolute atomic E-state index is 0.365. The molecule has 3 nitrogen and oxygen atoms in total. The minimum atomic E-state index is 0.365. The highest BCUT2D eigenvalue weighted by atomic mass is 79.9. The number of aromatic nitrogens is 3. The molecule has 0 spiro atoms. The summed E-state index contributed by atoms with van der Waals surface area (Å²) in [5, 5.41) is 0.730. The van der Waals surface area contributed by atoms with Crippen molar-refractivity contribution in [1.82, 2.24) is 15.0 Å². The van der Waals surface area contributed by atoms with Crippen molar-refractivity contribution in [1.29, 1.82) is 0 Å². The molecule has 2 rings (SSSR count). The molecule has 94 valence electrons. The summed E-state index contributed by atoms with van der Waals surface area (Å²) in [5.41, 5.74) is 1.35. The zero-order chi connectivity index (χ0) is 13.3. The van der Waals surface area contributed by atoms with Crippen molar-refractivity contribution in [3.63, 3.8) is 0 Å². The molecule has 7 heteroatoms. The Bertz CT molecular complexity index is 582. The quantitative estimate of drug-likeness (QED) is 0.657. The van der Waals surface area contributed by atoms with E-state index in [2.05, 4.69) is 46.8 Å². The predicted octanol–water partition coefficient (Wildman–Crippen LogP) is 4.93. The van der Waals surface area contributed by atoms with Crippen LogP contribution in [0.25, 0.3) is 11.5 Å². The Hall–Kier alpha value is -0.230. The summed E-state index contributed by atoms with van der Waals surface area (Å²) in [4.78, 5) is 12.7. The van der Waals surface area contributed by atoms with Gasteiger partial charge in [0.05, 0.1) is 0 Å². The molecule has 2 aromatic heterocycles. The minimum Gasteiger partial charge on any atom is -0.251 e. The molecule has 18 heavy (non-hydrogen) atoms. The summed E-state index contributed by atoms with van der Waals surface area (Å²) < 4.78 is 1.63. The topological polar surface area (TPSA) is 38.7 Å². The first-order chi connectivity index (χ1) is 8.52. The molecule has 0 saturated carbocycles. The lowest BCUT2D eigenvalue weighted by Crippen LogP contribution is -1.98. The van der Waals surface area contributed by atoms with Gasteiger partial charge in [-0.2, -0.15) is 0 Å². The Morgan fingerprint density at radius 1 is 1.17 bits per heavy atom. The van der Waals surface area contributed by atoms with E-state index < -0.39 is 0 Å². The Morgan fingerprint density at radius 3 is 2.28 bits per heavy atom. The number of hydrogen-bond donors (Lipinski definition) is 0. The van der Waals surface area contributed by atoms with Gasteiger partial charge in [0.15, 0.2) is 5.82 Å². The van der Waals surface area contributed by atoms with Gasteiger partial charge in [-0.3, -0.25) is 4.98 Å². The summed E-state index contributed by atoms with van der Waals surface area (Å²) in [6.45, 7) is 1.95. The van der Waals surface area contributed by atoms with E-state index in [1.807, 2.05) is 13.0 Å². The third-order valence-electron chi connectivity index (χ3n) is 2.28. The maximum absolute atomic E-state index is 6.08. The third kappa shape index (κ3) is 2.85. The van der Waals surface area contributed by atoms with Crippen LogP contribution in [-0.2, 0) is 6.42 Å². The van der Waals surface area contributed by atoms with Crippen molar-refractivity contribution < 1.29 is 0 Å². The van der Waals surface area contributed by atoms with Crippen molar-refractivity contribution in [2.75, 3.05) is 0 Å². The molecule has 0 bridgehead atoms. The zero-order valence-corrected chi connectivity index (χ0v) is 13.9. The van der Waals surface area contributed by atoms with Crippen LogP contribution in [0, 0.1) is 0 Å². The summed E-state index contributed by atoms with van der Waals surface area (Å²) in [6.07, 6.45) is 2.35. The summed E-state index contributed by atoms with van der Waals surface area (Å²) in [7, 11) is 0. The van der Waals surface area contributed by atoms with Crippen LogP contribution >= 0.6 is 55.1 Å². The smallest absolute Gasteiger partial charge is 0.182 e. The molecule has 0 radical (unpaired) electrons. The Balaban J connectivity index is 2.58. The average Bonchev–Trinajstić information content (AvgIpc) is 2.28. The van der Waals surface area contributed by atoms with E-state index in [9.17, 15) is 0 Å². The molecular formula is C11H7Br2Cl2N3. The molecule has 0 N–H and O–H groups in total. The number of hydrogen-bond acceptors (Lipinski definition) is 3. The van der Waals surface area contributed by atoms with Gasteiger partial charge in [-0.1, -0.05) is 30.1 Å². The number of pyridine rings is 1. The second-order valence-electron chi connectivity index (χ2n) is 3.44. The van der Waals surface area contributed by atoms with Crippen LogP contribution < -0.4 is 0 Å². The van der Waals surface area contributed by atoms with Gasteiger partial charge in [-0.15, -0.1) is 0 Å². The molecule has 0 atom stereocenters. The summed E-state index contributed by atoms with van der Waals surface area (Å²) in [5.74, 6) is 0.404. The van der Waals surface area contributed by atoms with E-state index >= 15 is 0 Å². The van der Waals surface area contributed by atoms with Crippen molar-refractivity contribution >= 4 is 55.1 Å². The second kappa shape index (κ2) is 5.82. The van der Waals surface area contributed by atoms with Crippen LogP contribution in [0.4, 0.5) is 0 Å². The van der Waals surface area contributed by atoms with Gasteiger partial charge in [0.2, 0.25) is 0 Å². The SMILES string of the molecule is CCc1c(Cl)nc(-c2ncc(Br)cc2Br)nc1Cl. The first-order valence-electron chi connectivity index (χ1n) is 5.06. The lowest BCUT2D eigenvalue weighted by Gasteiger charge is -2.07. The number of halogens is 4. The molecule has 0 amide bonds. The first-order valence-corrected chi connectivity index (χ1v) is 7.40. The van der Waals surface area contributed by atoms with Crippen molar-refractivity contribution in [2.24, 2.45) is 0 Å². The molecular weight excluding hydrogens is 405 g/mol. The highest BCUT2D eigenvalue weighted by molar-refractivity contribution is 9.11. The lowest BCUT2D eigenvalue weighted by atomic mass is 10.2. The normalized spacial score (nSPS) is 10.7. The zero-order valence-electron chi connectivity index (χ0n) is 9.22. The summed E-state index contributed by atoms with van der Waals surface area (Å²) >= 11 is 18.9. The van der Waals surface area contributed by atoms with Crippen molar-refractivity contribution in [3.05, 3.63) is 37.1 Å². The Kier molecular flexibility index (Phi) is 4.59. The van der Waals surface area contributed by atoms with Crippen LogP contribution in [0.5, 0.6) is 0 Å². The standard InChI is InChI=1S/C11H7Br2Cl2N3/c1-2-6-9(14)17-11(18-10(6)15)8-7(13)3-5(12)4-16-8/h3-4H,2H2,1H3. The number of rotatable bonds is 2. The van der Waals surface area contributed by atoms with Gasteiger partial charge in [-0.25, -0.2) is 9.97 Å². The molecule has 0 aliphatic heterocycles. The maximum Gasteiger partial charge on any atom is 0.182 e. The number of nitrogens with zero attached hydrogens (tertiary/aromatic N) is 3. The van der Waals surface area contributed by atoms with Crippen LogP contribution in [0.1, 0.15) is 12.5 Å². The molecule has 0 aromatic carbocycles. The third-order valence-corrected chi connectivity index (χ3v) is 3.94. The fourth-order valence-electron chi connectivity index (χ4n) is 1.41.